The molecule has 164 valence electrons. The first-order valence-electron chi connectivity index (χ1n) is 9.62. The Morgan fingerprint density at radius 3 is 2.39 bits per heavy atom. The summed E-state index contributed by atoms with van der Waals surface area (Å²) < 4.78 is 5.74. The number of amides is 1. The Bertz CT molecular complexity index is 1310. The van der Waals surface area contributed by atoms with Gasteiger partial charge in [-0.25, -0.2) is 0 Å². The number of nitrogens with one attached hydrogen (secondary N) is 1. The minimum absolute atomic E-state index is 0.100. The summed E-state index contributed by atoms with van der Waals surface area (Å²) in [5.41, 5.74) is 2.68. The van der Waals surface area contributed by atoms with Crippen molar-refractivity contribution in [3.8, 4) is 17.9 Å². The Kier molecular flexibility index (Phi) is 7.98. The molecule has 5 nitrogen and oxygen atoms in total. The van der Waals surface area contributed by atoms with Crippen molar-refractivity contribution in [2.45, 2.75) is 13.5 Å². The lowest BCUT2D eigenvalue weighted by molar-refractivity contribution is -0.112. The standard InChI is InChI=1S/C25H16Cl3N3O2/c1-15-20(26)7-4-8-23(15)31-25(32)19(13-30)9-16-10-21(27)24(22(28)11-16)33-14-18-6-3-2-5-17(18)12-29/h2-11H,14H2,1H3,(H,31,32)/b19-9-. The molecule has 0 spiro atoms. The normalized spacial score (nSPS) is 10.8. The lowest BCUT2D eigenvalue weighted by Crippen LogP contribution is -2.14. The van der Waals surface area contributed by atoms with Gasteiger partial charge in [-0.1, -0.05) is 59.1 Å². The predicted molar refractivity (Wildman–Crippen MR) is 130 cm³/mol. The molecule has 0 aliphatic heterocycles. The fourth-order valence-electron chi connectivity index (χ4n) is 2.95. The van der Waals surface area contributed by atoms with Gasteiger partial charge >= 0.3 is 0 Å². The van der Waals surface area contributed by atoms with Crippen LogP contribution in [-0.4, -0.2) is 5.91 Å². The zero-order valence-electron chi connectivity index (χ0n) is 17.3. The molecule has 0 fully saturated rings. The lowest BCUT2D eigenvalue weighted by Gasteiger charge is -2.12. The van der Waals surface area contributed by atoms with Crippen molar-refractivity contribution in [2.75, 3.05) is 5.32 Å². The van der Waals surface area contributed by atoms with Crippen molar-refractivity contribution in [3.63, 3.8) is 0 Å². The van der Waals surface area contributed by atoms with Crippen LogP contribution in [0.2, 0.25) is 15.1 Å². The number of carbonyl (C=O) groups is 1. The van der Waals surface area contributed by atoms with Gasteiger partial charge in [0.1, 0.15) is 18.2 Å². The summed E-state index contributed by atoms with van der Waals surface area (Å²) in [5, 5.41) is 22.3. The summed E-state index contributed by atoms with van der Waals surface area (Å²) >= 11 is 18.8. The molecule has 1 amide bonds. The van der Waals surface area contributed by atoms with Gasteiger partial charge in [0.2, 0.25) is 0 Å². The van der Waals surface area contributed by atoms with Crippen LogP contribution in [0, 0.1) is 29.6 Å². The number of rotatable bonds is 6. The molecule has 0 saturated carbocycles. The maximum Gasteiger partial charge on any atom is 0.266 e. The first-order chi connectivity index (χ1) is 15.8. The highest BCUT2D eigenvalue weighted by atomic mass is 35.5. The zero-order valence-corrected chi connectivity index (χ0v) is 19.6. The molecule has 33 heavy (non-hydrogen) atoms. The average molecular weight is 497 g/mol. The van der Waals surface area contributed by atoms with Gasteiger partial charge in [-0.2, -0.15) is 10.5 Å². The van der Waals surface area contributed by atoms with Crippen molar-refractivity contribution < 1.29 is 9.53 Å². The molecule has 3 aromatic carbocycles. The Labute approximate surface area is 206 Å². The molecule has 1 N–H and O–H groups in total. The van der Waals surface area contributed by atoms with E-state index in [-0.39, 0.29) is 28.0 Å². The zero-order chi connectivity index (χ0) is 24.0. The molecule has 0 aromatic heterocycles. The van der Waals surface area contributed by atoms with Crippen molar-refractivity contribution in [1.29, 1.82) is 10.5 Å². The largest absolute Gasteiger partial charge is 0.486 e. The number of carbonyl (C=O) groups excluding carboxylic acids is 1. The fourth-order valence-corrected chi connectivity index (χ4v) is 3.74. The van der Waals surface area contributed by atoms with Crippen LogP contribution >= 0.6 is 34.8 Å². The summed E-state index contributed by atoms with van der Waals surface area (Å²) in [4.78, 5) is 12.6. The van der Waals surface area contributed by atoms with Crippen molar-refractivity contribution in [1.82, 2.24) is 0 Å². The third-order valence-corrected chi connectivity index (χ3v) is 5.69. The Morgan fingerprint density at radius 2 is 1.73 bits per heavy atom. The van der Waals surface area contributed by atoms with Gasteiger partial charge in [0, 0.05) is 16.3 Å². The van der Waals surface area contributed by atoms with Gasteiger partial charge in [-0.05, 0) is 54.5 Å². The lowest BCUT2D eigenvalue weighted by atomic mass is 10.1. The molecule has 0 atom stereocenters. The molecule has 3 aromatic rings. The Balaban J connectivity index is 1.81. The van der Waals surface area contributed by atoms with Gasteiger partial charge in [-0.15, -0.1) is 0 Å². The van der Waals surface area contributed by atoms with Crippen LogP contribution < -0.4 is 10.1 Å². The minimum Gasteiger partial charge on any atom is -0.486 e. The van der Waals surface area contributed by atoms with Gasteiger partial charge in [0.05, 0.1) is 21.7 Å². The molecule has 0 aliphatic carbocycles. The van der Waals surface area contributed by atoms with E-state index < -0.39 is 5.91 Å². The third kappa shape index (κ3) is 5.86. The second-order valence-electron chi connectivity index (χ2n) is 6.91. The van der Waals surface area contributed by atoms with Gasteiger partial charge < -0.3 is 10.1 Å². The SMILES string of the molecule is Cc1c(Cl)cccc1NC(=O)/C(C#N)=C\c1cc(Cl)c(OCc2ccccc2C#N)c(Cl)c1. The second-order valence-corrected chi connectivity index (χ2v) is 8.13. The molecule has 0 aliphatic rings. The maximum atomic E-state index is 12.6. The molecule has 0 radical (unpaired) electrons. The summed E-state index contributed by atoms with van der Waals surface area (Å²) in [5.74, 6) is -0.357. The van der Waals surface area contributed by atoms with Crippen molar-refractivity contribution in [2.24, 2.45) is 0 Å². The van der Waals surface area contributed by atoms with Crippen LogP contribution in [-0.2, 0) is 11.4 Å². The van der Waals surface area contributed by atoms with E-state index in [1.807, 2.05) is 6.07 Å². The molecule has 0 unspecified atom stereocenters. The van der Waals surface area contributed by atoms with Crippen molar-refractivity contribution in [3.05, 3.63) is 97.5 Å². The Morgan fingerprint density at radius 1 is 1.03 bits per heavy atom. The van der Waals surface area contributed by atoms with Crippen LogP contribution in [0.4, 0.5) is 5.69 Å². The third-order valence-electron chi connectivity index (χ3n) is 4.72. The maximum absolute atomic E-state index is 12.6. The quantitative estimate of drug-likeness (QED) is 0.295. The predicted octanol–water partition coefficient (Wildman–Crippen LogP) is 6.95. The van der Waals surface area contributed by atoms with E-state index in [0.29, 0.717) is 33.0 Å². The van der Waals surface area contributed by atoms with Gasteiger partial charge in [0.15, 0.2) is 5.75 Å². The van der Waals surface area contributed by atoms with E-state index >= 15 is 0 Å². The van der Waals surface area contributed by atoms with E-state index in [9.17, 15) is 15.3 Å². The number of anilines is 1. The molecule has 0 heterocycles. The first kappa shape index (κ1) is 24.2. The van der Waals surface area contributed by atoms with Crippen LogP contribution in [0.5, 0.6) is 5.75 Å². The average Bonchev–Trinajstić information content (AvgIpc) is 2.80. The van der Waals surface area contributed by atoms with Crippen LogP contribution in [0.25, 0.3) is 6.08 Å². The summed E-state index contributed by atoms with van der Waals surface area (Å²) in [7, 11) is 0. The molecular weight excluding hydrogens is 481 g/mol. The van der Waals surface area contributed by atoms with E-state index in [1.165, 1.54) is 18.2 Å². The highest BCUT2D eigenvalue weighted by Crippen LogP contribution is 2.35. The summed E-state index contributed by atoms with van der Waals surface area (Å²) in [6.45, 7) is 1.87. The first-order valence-corrected chi connectivity index (χ1v) is 10.8. The topological polar surface area (TPSA) is 85.9 Å². The molecular formula is C25H16Cl3N3O2. The number of hydrogen-bond donors (Lipinski definition) is 1. The molecule has 8 heteroatoms. The fraction of sp³-hybridized carbons (Fsp3) is 0.0800. The van der Waals surface area contributed by atoms with Crippen LogP contribution in [0.15, 0.2) is 60.2 Å². The molecule has 0 bridgehead atoms. The smallest absolute Gasteiger partial charge is 0.266 e. The number of halogens is 3. The highest BCUT2D eigenvalue weighted by molar-refractivity contribution is 6.37. The van der Waals surface area contributed by atoms with E-state index in [1.54, 1.807) is 49.4 Å². The van der Waals surface area contributed by atoms with E-state index in [2.05, 4.69) is 11.4 Å². The monoisotopic (exact) mass is 495 g/mol. The summed E-state index contributed by atoms with van der Waals surface area (Å²) in [6, 6.07) is 19.2. The van der Waals surface area contributed by atoms with Crippen LogP contribution in [0.1, 0.15) is 22.3 Å². The number of nitrogens with zero attached hydrogens (tertiary/aromatic N) is 2. The number of hydrogen-bond acceptors (Lipinski definition) is 4. The van der Waals surface area contributed by atoms with Crippen LogP contribution in [0.3, 0.4) is 0 Å². The number of ether oxygens (including phenoxy) is 1. The van der Waals surface area contributed by atoms with Gasteiger partial charge in [0.25, 0.3) is 5.91 Å². The van der Waals surface area contributed by atoms with E-state index in [4.69, 9.17) is 39.5 Å². The number of nitriles is 2. The highest BCUT2D eigenvalue weighted by Gasteiger charge is 2.15. The number of benzene rings is 3. The Hall–Kier alpha value is -3.48. The molecule has 3 rings (SSSR count). The van der Waals surface area contributed by atoms with Crippen molar-refractivity contribution >= 4 is 52.5 Å². The summed E-state index contributed by atoms with van der Waals surface area (Å²) in [6.07, 6.45) is 1.38. The van der Waals surface area contributed by atoms with E-state index in [0.717, 1.165) is 0 Å². The van der Waals surface area contributed by atoms with Gasteiger partial charge in [-0.3, -0.25) is 4.79 Å². The minimum atomic E-state index is -0.594. The second kappa shape index (κ2) is 10.9. The molecule has 0 saturated heterocycles.